The molecule has 1 rings (SSSR count). The topological polar surface area (TPSA) is 67.5 Å². The summed E-state index contributed by atoms with van der Waals surface area (Å²) in [6.07, 6.45) is 0. The molecular weight excluding hydrogens is 228 g/mol. The Balaban J connectivity index is 2.92. The van der Waals surface area contributed by atoms with Crippen LogP contribution in [0.3, 0.4) is 0 Å². The second-order valence-electron chi connectivity index (χ2n) is 5.49. The number of anilines is 1. The highest BCUT2D eigenvalue weighted by Gasteiger charge is 2.16. The molecule has 1 aromatic carbocycles. The monoisotopic (exact) mass is 252 g/mol. The zero-order valence-corrected chi connectivity index (χ0v) is 11.7. The van der Waals surface area contributed by atoms with Gasteiger partial charge in [-0.1, -0.05) is 26.8 Å². The third-order valence-corrected chi connectivity index (χ3v) is 2.85. The van der Waals surface area contributed by atoms with E-state index in [1.54, 1.807) is 7.11 Å². The molecule has 4 heteroatoms. The van der Waals surface area contributed by atoms with Crippen molar-refractivity contribution in [2.75, 3.05) is 25.6 Å². The van der Waals surface area contributed by atoms with Crippen LogP contribution in [0.1, 0.15) is 26.3 Å². The van der Waals surface area contributed by atoms with Crippen LogP contribution in [0.4, 0.5) is 5.69 Å². The van der Waals surface area contributed by atoms with Crippen molar-refractivity contribution in [1.29, 1.82) is 0 Å². The smallest absolute Gasteiger partial charge is 0.141 e. The average molecular weight is 252 g/mol. The van der Waals surface area contributed by atoms with Crippen LogP contribution in [0.25, 0.3) is 0 Å². The van der Waals surface area contributed by atoms with Crippen LogP contribution in [0.15, 0.2) is 18.2 Å². The largest absolute Gasteiger partial charge is 0.495 e. The van der Waals surface area contributed by atoms with Crippen molar-refractivity contribution in [3.8, 4) is 5.75 Å². The number of nitrogens with two attached hydrogens (primary N) is 1. The summed E-state index contributed by atoms with van der Waals surface area (Å²) in [5.74, 6) is 0.785. The van der Waals surface area contributed by atoms with Gasteiger partial charge in [-0.15, -0.1) is 0 Å². The zero-order chi connectivity index (χ0) is 13.8. The molecule has 0 aliphatic rings. The minimum Gasteiger partial charge on any atom is -0.495 e. The Bertz CT molecular complexity index is 386. The summed E-state index contributed by atoms with van der Waals surface area (Å²) in [6, 6.07) is 5.82. The molecule has 102 valence electrons. The molecule has 0 fully saturated rings. The van der Waals surface area contributed by atoms with Crippen LogP contribution in [0.5, 0.6) is 5.75 Å². The zero-order valence-electron chi connectivity index (χ0n) is 11.7. The summed E-state index contributed by atoms with van der Waals surface area (Å²) < 4.78 is 5.31. The van der Waals surface area contributed by atoms with Gasteiger partial charge in [-0.3, -0.25) is 0 Å². The maximum absolute atomic E-state index is 8.93. The predicted molar refractivity (Wildman–Crippen MR) is 75.2 cm³/mol. The molecule has 0 saturated heterocycles. The normalized spacial score (nSPS) is 13.2. The Hall–Kier alpha value is -1.26. The van der Waals surface area contributed by atoms with E-state index in [2.05, 4.69) is 38.2 Å². The van der Waals surface area contributed by atoms with E-state index in [1.165, 1.54) is 5.56 Å². The summed E-state index contributed by atoms with van der Waals surface area (Å²) >= 11 is 0. The van der Waals surface area contributed by atoms with Gasteiger partial charge in [0.2, 0.25) is 0 Å². The van der Waals surface area contributed by atoms with Gasteiger partial charge in [0.25, 0.3) is 0 Å². The fraction of sp³-hybridized carbons (Fsp3) is 0.571. The molecule has 0 saturated carbocycles. The molecule has 0 heterocycles. The molecule has 4 N–H and O–H groups in total. The summed E-state index contributed by atoms with van der Waals surface area (Å²) in [6.45, 7) is 6.98. The molecule has 0 amide bonds. The van der Waals surface area contributed by atoms with Gasteiger partial charge >= 0.3 is 0 Å². The quantitative estimate of drug-likeness (QED) is 0.746. The van der Waals surface area contributed by atoms with Gasteiger partial charge in [0.1, 0.15) is 5.75 Å². The Morgan fingerprint density at radius 2 is 2.06 bits per heavy atom. The first kappa shape index (κ1) is 14.8. The Kier molecular flexibility index (Phi) is 4.99. The Morgan fingerprint density at radius 3 is 2.56 bits per heavy atom. The van der Waals surface area contributed by atoms with E-state index in [9.17, 15) is 0 Å². The summed E-state index contributed by atoms with van der Waals surface area (Å²) in [5.41, 5.74) is 7.90. The maximum atomic E-state index is 8.93. The number of rotatable bonds is 5. The second-order valence-corrected chi connectivity index (χ2v) is 5.49. The van der Waals surface area contributed by atoms with Crippen LogP contribution in [-0.2, 0) is 5.41 Å². The maximum Gasteiger partial charge on any atom is 0.141 e. The number of nitrogens with one attached hydrogen (secondary N) is 1. The molecule has 1 atom stereocenters. The minimum absolute atomic E-state index is 0.0335. The molecule has 0 aromatic heterocycles. The van der Waals surface area contributed by atoms with Crippen molar-refractivity contribution < 1.29 is 9.84 Å². The average Bonchev–Trinajstić information content (AvgIpc) is 2.34. The number of hydrogen-bond acceptors (Lipinski definition) is 4. The Morgan fingerprint density at radius 1 is 1.39 bits per heavy atom. The molecule has 4 nitrogen and oxygen atoms in total. The van der Waals surface area contributed by atoms with Crippen LogP contribution in [0, 0.1) is 0 Å². The summed E-state index contributed by atoms with van der Waals surface area (Å²) in [4.78, 5) is 0. The van der Waals surface area contributed by atoms with Gasteiger partial charge in [0.15, 0.2) is 0 Å². The van der Waals surface area contributed by atoms with E-state index in [4.69, 9.17) is 15.6 Å². The van der Waals surface area contributed by atoms with E-state index < -0.39 is 0 Å². The van der Waals surface area contributed by atoms with Gasteiger partial charge in [-0.2, -0.15) is 0 Å². The van der Waals surface area contributed by atoms with Crippen LogP contribution < -0.4 is 15.8 Å². The lowest BCUT2D eigenvalue weighted by Gasteiger charge is -2.22. The molecule has 0 spiro atoms. The first-order valence-corrected chi connectivity index (χ1v) is 6.17. The van der Waals surface area contributed by atoms with E-state index in [0.29, 0.717) is 6.54 Å². The van der Waals surface area contributed by atoms with Crippen LogP contribution in [0.2, 0.25) is 0 Å². The third-order valence-electron chi connectivity index (χ3n) is 2.85. The minimum atomic E-state index is -0.270. The number of hydrogen-bond donors (Lipinski definition) is 3. The molecule has 0 aliphatic carbocycles. The number of aliphatic hydroxyl groups excluding tert-OH is 1. The number of ether oxygens (including phenoxy) is 1. The summed E-state index contributed by atoms with van der Waals surface area (Å²) in [5, 5.41) is 12.1. The highest BCUT2D eigenvalue weighted by atomic mass is 16.5. The van der Waals surface area contributed by atoms with Crippen molar-refractivity contribution in [2.45, 2.75) is 32.2 Å². The lowest BCUT2D eigenvalue weighted by atomic mass is 9.87. The first-order chi connectivity index (χ1) is 8.38. The van der Waals surface area contributed by atoms with Crippen molar-refractivity contribution in [1.82, 2.24) is 0 Å². The third kappa shape index (κ3) is 3.89. The van der Waals surface area contributed by atoms with Gasteiger partial charge in [0.05, 0.1) is 19.4 Å². The fourth-order valence-electron chi connectivity index (χ4n) is 1.62. The SMILES string of the molecule is COc1ccc(C(C)(C)C)cc1NCC(N)CO. The van der Waals surface area contributed by atoms with Crippen molar-refractivity contribution in [2.24, 2.45) is 5.73 Å². The fourth-order valence-corrected chi connectivity index (χ4v) is 1.62. The van der Waals surface area contributed by atoms with E-state index in [-0.39, 0.29) is 18.1 Å². The van der Waals surface area contributed by atoms with Crippen molar-refractivity contribution in [3.63, 3.8) is 0 Å². The van der Waals surface area contributed by atoms with Gasteiger partial charge in [-0.05, 0) is 23.1 Å². The first-order valence-electron chi connectivity index (χ1n) is 6.17. The molecule has 1 unspecified atom stereocenters. The Labute approximate surface area is 109 Å². The predicted octanol–water partition coefficient (Wildman–Crippen LogP) is 1.72. The van der Waals surface area contributed by atoms with Gasteiger partial charge in [-0.25, -0.2) is 0 Å². The molecule has 1 aromatic rings. The van der Waals surface area contributed by atoms with Gasteiger partial charge < -0.3 is 20.9 Å². The highest BCUT2D eigenvalue weighted by molar-refractivity contribution is 5.59. The number of methoxy groups -OCH3 is 1. The lowest BCUT2D eigenvalue weighted by molar-refractivity contribution is 0.270. The van der Waals surface area contributed by atoms with E-state index in [1.807, 2.05) is 6.07 Å². The van der Waals surface area contributed by atoms with Gasteiger partial charge in [0, 0.05) is 12.6 Å². The molecule has 0 aliphatic heterocycles. The lowest BCUT2D eigenvalue weighted by Crippen LogP contribution is -2.32. The number of benzene rings is 1. The molecule has 0 bridgehead atoms. The molecular formula is C14H24N2O2. The molecule has 0 radical (unpaired) electrons. The number of aliphatic hydroxyl groups is 1. The highest BCUT2D eigenvalue weighted by Crippen LogP contribution is 2.31. The van der Waals surface area contributed by atoms with Crippen LogP contribution in [-0.4, -0.2) is 31.4 Å². The summed E-state index contributed by atoms with van der Waals surface area (Å²) in [7, 11) is 1.64. The van der Waals surface area contributed by atoms with Crippen molar-refractivity contribution >= 4 is 5.69 Å². The standard InChI is InChI=1S/C14H24N2O2/c1-14(2,3)10-5-6-13(18-4)12(7-10)16-8-11(15)9-17/h5-7,11,16-17H,8-9,15H2,1-4H3. The second kappa shape index (κ2) is 6.07. The van der Waals surface area contributed by atoms with E-state index in [0.717, 1.165) is 11.4 Å². The van der Waals surface area contributed by atoms with Crippen LogP contribution >= 0.6 is 0 Å². The van der Waals surface area contributed by atoms with Crippen molar-refractivity contribution in [3.05, 3.63) is 23.8 Å². The molecule has 18 heavy (non-hydrogen) atoms. The van der Waals surface area contributed by atoms with E-state index >= 15 is 0 Å².